The van der Waals surface area contributed by atoms with E-state index in [0.29, 0.717) is 5.56 Å². The second-order valence-corrected chi connectivity index (χ2v) is 19.5. The number of carbonyl (C=O) groups excluding carboxylic acids is 7. The summed E-state index contributed by atoms with van der Waals surface area (Å²) in [5.74, 6) is -7.88. The molecular weight excluding hydrogens is 877 g/mol. The first-order valence-corrected chi connectivity index (χ1v) is 22.7. The molecule has 0 spiro atoms. The lowest BCUT2D eigenvalue weighted by Crippen LogP contribution is -2.61. The van der Waals surface area contributed by atoms with E-state index in [1.807, 2.05) is 0 Å². The number of nitrogens with one attached hydrogen (secondary N) is 6. The van der Waals surface area contributed by atoms with Crippen molar-refractivity contribution in [2.24, 2.45) is 23.7 Å². The first-order chi connectivity index (χ1) is 30.9. The molecular formula is C46H78N6O15. The van der Waals surface area contributed by atoms with Gasteiger partial charge >= 0.3 is 12.1 Å². The van der Waals surface area contributed by atoms with Crippen LogP contribution in [-0.2, 0) is 44.8 Å². The van der Waals surface area contributed by atoms with Crippen LogP contribution in [0.3, 0.4) is 0 Å². The lowest BCUT2D eigenvalue weighted by Gasteiger charge is -2.32. The van der Waals surface area contributed by atoms with Crippen molar-refractivity contribution in [2.75, 3.05) is 0 Å². The van der Waals surface area contributed by atoms with Gasteiger partial charge in [0, 0.05) is 0 Å². The molecule has 1 rings (SSSR count). The predicted molar refractivity (Wildman–Crippen MR) is 245 cm³/mol. The molecule has 12 N–H and O–H groups in total. The number of carbonyl (C=O) groups is 7. The van der Waals surface area contributed by atoms with Crippen molar-refractivity contribution >= 4 is 41.6 Å². The zero-order valence-corrected chi connectivity index (χ0v) is 41.1. The highest BCUT2D eigenvalue weighted by molar-refractivity contribution is 5.89. The number of benzene rings is 1. The van der Waals surface area contributed by atoms with E-state index in [-0.39, 0.29) is 31.3 Å². The molecule has 0 radical (unpaired) electrons. The molecule has 0 aliphatic rings. The number of hydrogen-bond acceptors (Lipinski definition) is 15. The van der Waals surface area contributed by atoms with Gasteiger partial charge in [0.1, 0.15) is 12.2 Å². The molecule has 0 aliphatic carbocycles. The third-order valence-corrected chi connectivity index (χ3v) is 10.5. The lowest BCUT2D eigenvalue weighted by molar-refractivity contribution is -0.157. The average Bonchev–Trinajstić information content (AvgIpc) is 3.23. The largest absolute Gasteiger partial charge is 0.459 e. The Labute approximate surface area is 393 Å². The van der Waals surface area contributed by atoms with Gasteiger partial charge in [0.05, 0.1) is 36.3 Å². The number of aliphatic hydroxyl groups excluding tert-OH is 6. The van der Waals surface area contributed by atoms with E-state index in [1.54, 1.807) is 106 Å². The van der Waals surface area contributed by atoms with Crippen molar-refractivity contribution in [3.05, 3.63) is 35.9 Å². The number of ether oxygens (including phenoxy) is 2. The normalized spacial score (nSPS) is 17.3. The molecule has 0 unspecified atom stereocenters. The molecule has 0 heterocycles. The molecule has 0 bridgehead atoms. The monoisotopic (exact) mass is 955 g/mol. The van der Waals surface area contributed by atoms with Crippen molar-refractivity contribution in [1.29, 1.82) is 0 Å². The Morgan fingerprint density at radius 3 is 1.25 bits per heavy atom. The molecule has 0 fully saturated rings. The van der Waals surface area contributed by atoms with Crippen molar-refractivity contribution in [2.45, 2.75) is 188 Å². The van der Waals surface area contributed by atoms with Crippen LogP contribution in [-0.4, -0.2) is 151 Å². The maximum absolute atomic E-state index is 13.5. The number of hydrogen-bond donors (Lipinski definition) is 12. The summed E-state index contributed by atoms with van der Waals surface area (Å²) >= 11 is 0. The van der Waals surface area contributed by atoms with E-state index in [9.17, 15) is 64.2 Å². The van der Waals surface area contributed by atoms with Crippen LogP contribution in [0.25, 0.3) is 0 Å². The van der Waals surface area contributed by atoms with Gasteiger partial charge in [-0.25, -0.2) is 9.59 Å². The molecule has 1 aromatic carbocycles. The summed E-state index contributed by atoms with van der Waals surface area (Å²) in [6.45, 7) is 20.8. The Balaban J connectivity index is 3.02. The minimum Gasteiger partial charge on any atom is -0.459 e. The molecule has 6 amide bonds. The molecule has 0 saturated carbocycles. The van der Waals surface area contributed by atoms with E-state index in [0.717, 1.165) is 0 Å². The maximum atomic E-state index is 13.5. The number of alkyl carbamates (subject to hydrolysis) is 1. The molecule has 0 saturated heterocycles. The van der Waals surface area contributed by atoms with Crippen LogP contribution in [0.5, 0.6) is 0 Å². The maximum Gasteiger partial charge on any atom is 0.407 e. The summed E-state index contributed by atoms with van der Waals surface area (Å²) in [4.78, 5) is 91.4. The molecule has 67 heavy (non-hydrogen) atoms. The summed E-state index contributed by atoms with van der Waals surface area (Å²) < 4.78 is 10.4. The van der Waals surface area contributed by atoms with Crippen LogP contribution in [0.4, 0.5) is 4.79 Å². The summed E-state index contributed by atoms with van der Waals surface area (Å²) in [5, 5.41) is 80.1. The van der Waals surface area contributed by atoms with Gasteiger partial charge in [-0.05, 0) is 76.7 Å². The highest BCUT2D eigenvalue weighted by atomic mass is 16.6. The minimum absolute atomic E-state index is 0.00428. The zero-order valence-electron chi connectivity index (χ0n) is 41.1. The van der Waals surface area contributed by atoms with Crippen LogP contribution < -0.4 is 31.9 Å². The van der Waals surface area contributed by atoms with E-state index in [1.165, 1.54) is 13.8 Å². The predicted octanol–water partition coefficient (Wildman–Crippen LogP) is -0.343. The number of esters is 1. The Morgan fingerprint density at radius 2 is 0.866 bits per heavy atom. The zero-order chi connectivity index (χ0) is 51.7. The minimum atomic E-state index is -2.00. The molecule has 1 aromatic rings. The SMILES string of the molecule is CC(C)C[C@H](NC(=O)[C@@H](O)[C@H](C)NC(=O)[C@@H](O)[C@@H](NC(=O)OC(C)(C)C)C(C)C)[C@H](O)C(=O)N[C@@H](C(C)C)[C@H](O)C(=O)N[C@@H](C)[C@H](O)C(=O)N[C@@H](CC(C)C)[C@H](O)C(=O)OCc1ccccc1. The molecule has 382 valence electrons. The summed E-state index contributed by atoms with van der Waals surface area (Å²) in [7, 11) is 0. The smallest absolute Gasteiger partial charge is 0.407 e. The fraction of sp³-hybridized carbons (Fsp3) is 0.717. The van der Waals surface area contributed by atoms with Crippen molar-refractivity contribution in [1.82, 2.24) is 31.9 Å². The molecule has 12 atom stereocenters. The Bertz CT molecular complexity index is 1760. The van der Waals surface area contributed by atoms with Crippen molar-refractivity contribution in [3.63, 3.8) is 0 Å². The quantitative estimate of drug-likeness (QED) is 0.0529. The first-order valence-electron chi connectivity index (χ1n) is 22.7. The summed E-state index contributed by atoms with van der Waals surface area (Å²) in [6, 6.07) is 1.05. The molecule has 21 heteroatoms. The van der Waals surface area contributed by atoms with Gasteiger partial charge in [-0.1, -0.05) is 85.7 Å². The van der Waals surface area contributed by atoms with Crippen molar-refractivity contribution in [3.8, 4) is 0 Å². The van der Waals surface area contributed by atoms with Gasteiger partial charge in [0.25, 0.3) is 29.5 Å². The van der Waals surface area contributed by atoms with E-state index < -0.39 is 132 Å². The van der Waals surface area contributed by atoms with E-state index in [4.69, 9.17) is 9.47 Å². The third-order valence-electron chi connectivity index (χ3n) is 10.5. The highest BCUT2D eigenvalue weighted by Gasteiger charge is 2.39. The second kappa shape index (κ2) is 27.8. The topological polar surface area (TPSA) is 332 Å². The Hall–Kier alpha value is -4.93. The standard InChI is InChI=1S/C46H78N6O15/c1-22(2)19-29(49-39(59)33(53)26(9)48-43(63)38(58)32(25(7)8)52-45(65)67-46(11,12)13)35(55)41(61)51-31(24(5)6)37(57)42(62)47-27(10)34(54)40(60)50-30(20-23(3)4)36(56)44(64)66-21-28-17-15-14-16-18-28/h14-18,22-27,29-38,53-58H,19-21H2,1-13H3,(H,47,62)(H,48,63)(H,49,59)(H,50,60)(H,51,61)(H,52,65)/t26-,27-,29-,30-,31-,32-,33-,34-,35-,36-,37-,38-/m0/s1. The fourth-order valence-electron chi connectivity index (χ4n) is 6.72. The van der Waals surface area contributed by atoms with Gasteiger partial charge in [-0.2, -0.15) is 0 Å². The van der Waals surface area contributed by atoms with Gasteiger partial charge < -0.3 is 72.0 Å². The first kappa shape index (κ1) is 60.1. The molecule has 0 aliphatic heterocycles. The Kier molecular flexibility index (Phi) is 24.9. The third kappa shape index (κ3) is 20.9. The number of amides is 6. The highest BCUT2D eigenvalue weighted by Crippen LogP contribution is 2.16. The fourth-order valence-corrected chi connectivity index (χ4v) is 6.72. The van der Waals surface area contributed by atoms with Gasteiger partial charge in [-0.3, -0.25) is 24.0 Å². The summed E-state index contributed by atoms with van der Waals surface area (Å²) in [6.07, 6.45) is -12.3. The van der Waals surface area contributed by atoms with Gasteiger partial charge in [0.15, 0.2) is 36.6 Å². The summed E-state index contributed by atoms with van der Waals surface area (Å²) in [5.41, 5.74) is -0.186. The average molecular weight is 955 g/mol. The second-order valence-electron chi connectivity index (χ2n) is 19.5. The molecule has 0 aromatic heterocycles. The van der Waals surface area contributed by atoms with Crippen LogP contribution >= 0.6 is 0 Å². The lowest BCUT2D eigenvalue weighted by atomic mass is 9.94. The molecule has 21 nitrogen and oxygen atoms in total. The van der Waals surface area contributed by atoms with Gasteiger partial charge in [0.2, 0.25) is 0 Å². The van der Waals surface area contributed by atoms with Crippen LogP contribution in [0, 0.1) is 23.7 Å². The van der Waals surface area contributed by atoms with Crippen LogP contribution in [0.15, 0.2) is 30.3 Å². The Morgan fingerprint density at radius 1 is 0.493 bits per heavy atom. The van der Waals surface area contributed by atoms with Crippen LogP contribution in [0.2, 0.25) is 0 Å². The van der Waals surface area contributed by atoms with E-state index in [2.05, 4.69) is 31.9 Å². The van der Waals surface area contributed by atoms with E-state index >= 15 is 0 Å². The van der Waals surface area contributed by atoms with Crippen LogP contribution in [0.1, 0.15) is 108 Å². The number of aliphatic hydroxyl groups is 6. The van der Waals surface area contributed by atoms with Gasteiger partial charge in [-0.15, -0.1) is 0 Å². The number of rotatable bonds is 26. The van der Waals surface area contributed by atoms with Crippen molar-refractivity contribution < 1.29 is 73.7 Å².